The fourth-order valence-corrected chi connectivity index (χ4v) is 8.81. The summed E-state index contributed by atoms with van der Waals surface area (Å²) in [6.07, 6.45) is 7.04. The van der Waals surface area contributed by atoms with E-state index in [0.29, 0.717) is 26.2 Å². The van der Waals surface area contributed by atoms with Crippen LogP contribution in [0.4, 0.5) is 0 Å². The number of hydrogen-bond acceptors (Lipinski definition) is 2. The number of aryl methyl sites for hydroxylation is 1. The predicted octanol–water partition coefficient (Wildman–Crippen LogP) is 7.73. The maximum absolute atomic E-state index is 15.3. The zero-order chi connectivity index (χ0) is 27.7. The van der Waals surface area contributed by atoms with Gasteiger partial charge in [-0.1, -0.05) is 104 Å². The summed E-state index contributed by atoms with van der Waals surface area (Å²) in [5.74, 6) is 0.220. The first kappa shape index (κ1) is 26.7. The van der Waals surface area contributed by atoms with Gasteiger partial charge in [-0.3, -0.25) is 4.57 Å². The topological polar surface area (TPSA) is 59.4 Å². The lowest BCUT2D eigenvalue weighted by molar-refractivity contribution is 0.416. The van der Waals surface area contributed by atoms with Crippen molar-refractivity contribution in [2.45, 2.75) is 39.4 Å². The normalized spacial score (nSPS) is 22.4. The summed E-state index contributed by atoms with van der Waals surface area (Å²) in [6.45, 7) is 6.67. The standard InChI is InChI=1S/C34H35N4OP/c1-25-11-7-19-33-29(15-9-18-30(25)33)24-38-21-20-37(23-28-14-8-13-27-12-4-6-17-32(27)28)40(38,39)36-34(22-35)31-16-5-3-10-26(31)2/h3-9,11-19,26,34H,10,20-21,23-24H2,1-2H3,(H,36,39)/t26?,34-,40?/m1/s1. The minimum Gasteiger partial charge on any atom is -0.270 e. The molecule has 0 radical (unpaired) electrons. The average Bonchev–Trinajstić information content (AvgIpc) is 3.27. The van der Waals surface area contributed by atoms with Crippen molar-refractivity contribution in [1.29, 1.82) is 5.26 Å². The summed E-state index contributed by atoms with van der Waals surface area (Å²) in [5, 5.41) is 18.5. The number of allylic oxidation sites excluding steroid dienone is 3. The van der Waals surface area contributed by atoms with Crippen LogP contribution in [0, 0.1) is 24.2 Å². The molecule has 2 aliphatic rings. The molecule has 40 heavy (non-hydrogen) atoms. The van der Waals surface area contributed by atoms with Crippen LogP contribution in [0.5, 0.6) is 0 Å². The van der Waals surface area contributed by atoms with Crippen molar-refractivity contribution in [3.05, 3.63) is 119 Å². The SMILES string of the molecule is Cc1cccc2c(CN3CCN(Cc4cccc5ccccc45)P3(=O)N[C@H](C#N)C3=CC=CCC3C)cccc12. The van der Waals surface area contributed by atoms with E-state index >= 15 is 4.57 Å². The van der Waals surface area contributed by atoms with Gasteiger partial charge in [0.1, 0.15) is 6.04 Å². The van der Waals surface area contributed by atoms with Crippen LogP contribution < -0.4 is 5.09 Å². The Hall–Kier alpha value is -3.52. The van der Waals surface area contributed by atoms with Gasteiger partial charge in [-0.15, -0.1) is 0 Å². The van der Waals surface area contributed by atoms with Gasteiger partial charge >= 0.3 is 0 Å². The summed E-state index contributed by atoms with van der Waals surface area (Å²) in [7, 11) is -3.33. The minimum atomic E-state index is -3.33. The number of hydrogen-bond donors (Lipinski definition) is 1. The third-order valence-electron chi connectivity index (χ3n) is 8.44. The second-order valence-corrected chi connectivity index (χ2v) is 13.4. The third kappa shape index (κ3) is 4.94. The van der Waals surface area contributed by atoms with Gasteiger partial charge in [-0.05, 0) is 63.1 Å². The van der Waals surface area contributed by atoms with Crippen molar-refractivity contribution in [1.82, 2.24) is 14.4 Å². The van der Waals surface area contributed by atoms with Crippen molar-refractivity contribution >= 4 is 29.1 Å². The van der Waals surface area contributed by atoms with Crippen LogP contribution in [-0.2, 0) is 17.7 Å². The quantitative estimate of drug-likeness (QED) is 0.240. The lowest BCUT2D eigenvalue weighted by Crippen LogP contribution is -2.37. The second-order valence-electron chi connectivity index (χ2n) is 11.0. The molecule has 1 N–H and O–H groups in total. The maximum Gasteiger partial charge on any atom is 0.286 e. The molecular weight excluding hydrogens is 511 g/mol. The average molecular weight is 547 g/mol. The fourth-order valence-electron chi connectivity index (χ4n) is 6.18. The molecule has 4 aromatic carbocycles. The van der Waals surface area contributed by atoms with Crippen LogP contribution in [0.3, 0.4) is 0 Å². The molecule has 2 unspecified atom stereocenters. The van der Waals surface area contributed by atoms with Crippen molar-refractivity contribution in [3.8, 4) is 6.07 Å². The molecule has 0 bridgehead atoms. The lowest BCUT2D eigenvalue weighted by Gasteiger charge is -2.34. The van der Waals surface area contributed by atoms with Crippen molar-refractivity contribution < 1.29 is 4.57 Å². The summed E-state index contributed by atoms with van der Waals surface area (Å²) in [6, 6.07) is 29.2. The van der Waals surface area contributed by atoms with E-state index < -0.39 is 13.6 Å². The van der Waals surface area contributed by atoms with Crippen molar-refractivity contribution in [2.24, 2.45) is 5.92 Å². The van der Waals surface area contributed by atoms with Crippen molar-refractivity contribution in [3.63, 3.8) is 0 Å². The van der Waals surface area contributed by atoms with Crippen LogP contribution >= 0.6 is 7.59 Å². The minimum absolute atomic E-state index is 0.220. The monoisotopic (exact) mass is 546 g/mol. The highest BCUT2D eigenvalue weighted by atomic mass is 31.2. The van der Waals surface area contributed by atoms with Crippen LogP contribution in [0.2, 0.25) is 0 Å². The largest absolute Gasteiger partial charge is 0.286 e. The van der Waals surface area contributed by atoms with Gasteiger partial charge in [0, 0.05) is 26.2 Å². The Morgan fingerprint density at radius 3 is 2.27 bits per heavy atom. The molecule has 1 fully saturated rings. The van der Waals surface area contributed by atoms with Gasteiger partial charge in [0.25, 0.3) is 7.59 Å². The van der Waals surface area contributed by atoms with Gasteiger partial charge in [-0.2, -0.15) is 5.26 Å². The van der Waals surface area contributed by atoms with E-state index in [1.54, 1.807) is 0 Å². The van der Waals surface area contributed by atoms with Crippen LogP contribution in [0.15, 0.2) is 103 Å². The molecule has 1 heterocycles. The third-order valence-corrected chi connectivity index (χ3v) is 11.3. The van der Waals surface area contributed by atoms with Gasteiger partial charge in [0.15, 0.2) is 0 Å². The number of nitrogens with one attached hydrogen (secondary N) is 1. The first-order valence-electron chi connectivity index (χ1n) is 14.1. The smallest absolute Gasteiger partial charge is 0.270 e. The Kier molecular flexibility index (Phi) is 7.45. The van der Waals surface area contributed by atoms with E-state index in [-0.39, 0.29) is 5.92 Å². The van der Waals surface area contributed by atoms with Gasteiger partial charge in [-0.25, -0.2) is 14.4 Å². The van der Waals surface area contributed by atoms with Crippen LogP contribution in [-0.4, -0.2) is 28.5 Å². The molecule has 1 aliphatic heterocycles. The molecule has 1 saturated heterocycles. The molecule has 3 atom stereocenters. The first-order valence-corrected chi connectivity index (χ1v) is 15.7. The highest BCUT2D eigenvalue weighted by Gasteiger charge is 2.45. The zero-order valence-corrected chi connectivity index (χ0v) is 24.0. The summed E-state index contributed by atoms with van der Waals surface area (Å²) in [4.78, 5) is 0. The Balaban J connectivity index is 1.39. The molecule has 0 amide bonds. The van der Waals surface area contributed by atoms with Crippen LogP contribution in [0.25, 0.3) is 21.5 Å². The molecule has 0 saturated carbocycles. The van der Waals surface area contributed by atoms with Gasteiger partial charge < -0.3 is 0 Å². The molecule has 1 aliphatic carbocycles. The predicted molar refractivity (Wildman–Crippen MR) is 165 cm³/mol. The van der Waals surface area contributed by atoms with E-state index in [1.165, 1.54) is 27.1 Å². The number of benzene rings is 4. The highest BCUT2D eigenvalue weighted by Crippen LogP contribution is 2.56. The number of nitriles is 1. The van der Waals surface area contributed by atoms with E-state index in [9.17, 15) is 5.26 Å². The second kappa shape index (κ2) is 11.2. The molecule has 6 heteroatoms. The molecule has 0 spiro atoms. The Labute approximate surface area is 236 Å². The van der Waals surface area contributed by atoms with E-state index in [1.807, 2.05) is 18.2 Å². The van der Waals surface area contributed by atoms with Crippen LogP contribution in [0.1, 0.15) is 30.0 Å². The number of nitrogens with zero attached hydrogens (tertiary/aromatic N) is 3. The van der Waals surface area contributed by atoms with Gasteiger partial charge in [0.05, 0.1) is 6.07 Å². The molecular formula is C34H35N4OP. The molecule has 5 nitrogen and oxygen atoms in total. The van der Waals surface area contributed by atoms with E-state index in [0.717, 1.165) is 23.1 Å². The summed E-state index contributed by atoms with van der Waals surface area (Å²) in [5.41, 5.74) is 4.52. The Morgan fingerprint density at radius 2 is 1.52 bits per heavy atom. The Morgan fingerprint density at radius 1 is 0.900 bits per heavy atom. The summed E-state index contributed by atoms with van der Waals surface area (Å²) < 4.78 is 19.5. The zero-order valence-electron chi connectivity index (χ0n) is 23.1. The fraction of sp³-hybridized carbons (Fsp3) is 0.265. The molecule has 0 aromatic heterocycles. The number of rotatable bonds is 7. The van der Waals surface area contributed by atoms with Gasteiger partial charge in [0.2, 0.25) is 0 Å². The lowest BCUT2D eigenvalue weighted by atomic mass is 9.89. The highest BCUT2D eigenvalue weighted by molar-refractivity contribution is 7.57. The Bertz CT molecular complexity index is 1710. The molecule has 6 rings (SSSR count). The maximum atomic E-state index is 15.3. The van der Waals surface area contributed by atoms with E-state index in [2.05, 4.69) is 113 Å². The molecule has 4 aromatic rings. The first-order chi connectivity index (χ1) is 19.5. The van der Waals surface area contributed by atoms with Crippen molar-refractivity contribution in [2.75, 3.05) is 13.1 Å². The number of fused-ring (bicyclic) bond motifs is 2. The summed E-state index contributed by atoms with van der Waals surface area (Å²) >= 11 is 0. The van der Waals surface area contributed by atoms with E-state index in [4.69, 9.17) is 0 Å². The molecule has 202 valence electrons.